The fourth-order valence-corrected chi connectivity index (χ4v) is 1.93. The first-order valence-electron chi connectivity index (χ1n) is 6.19. The highest BCUT2D eigenvalue weighted by Crippen LogP contribution is 2.13. The van der Waals surface area contributed by atoms with Gasteiger partial charge in [0.15, 0.2) is 0 Å². The van der Waals surface area contributed by atoms with E-state index in [1.165, 1.54) is 4.90 Å². The minimum Gasteiger partial charge on any atom is -0.385 e. The number of aromatic nitrogens is 2. The maximum Gasteiger partial charge on any atom is 0.294 e. The Kier molecular flexibility index (Phi) is 5.23. The third-order valence-electron chi connectivity index (χ3n) is 3.12. The molecule has 19 heavy (non-hydrogen) atoms. The number of rotatable bonds is 6. The number of likely N-dealkylation sites (N-methyl/N-ethyl adjacent to an activating group) is 1. The zero-order chi connectivity index (χ0) is 14.6. The molecule has 0 saturated carbocycles. The number of amides is 1. The molecule has 1 amide bonds. The zero-order valence-electron chi connectivity index (χ0n) is 12.2. The van der Waals surface area contributed by atoms with Crippen molar-refractivity contribution < 1.29 is 14.3 Å². The Morgan fingerprint density at radius 3 is 2.47 bits per heavy atom. The number of aryl methyl sites for hydroxylation is 2. The molecular weight excluding hydrogens is 246 g/mol. The minimum atomic E-state index is -0.504. The molecule has 0 bridgehead atoms. The SMILES string of the molecule is COCCCN(C)C(=O)C(=O)c1c(C)nn(C)c1C. The molecule has 106 valence electrons. The van der Waals surface area contributed by atoms with Crippen molar-refractivity contribution in [3.8, 4) is 0 Å². The van der Waals surface area contributed by atoms with E-state index in [2.05, 4.69) is 5.10 Å². The lowest BCUT2D eigenvalue weighted by molar-refractivity contribution is -0.125. The fourth-order valence-electron chi connectivity index (χ4n) is 1.93. The highest BCUT2D eigenvalue weighted by molar-refractivity contribution is 6.43. The molecule has 1 aromatic heterocycles. The minimum absolute atomic E-state index is 0.408. The number of carbonyl (C=O) groups excluding carboxylic acids is 2. The van der Waals surface area contributed by atoms with Gasteiger partial charge in [0.05, 0.1) is 11.3 Å². The smallest absolute Gasteiger partial charge is 0.294 e. The molecule has 0 fully saturated rings. The molecule has 0 atom stereocenters. The molecule has 0 aliphatic carbocycles. The molecule has 0 spiro atoms. The van der Waals surface area contributed by atoms with E-state index in [1.807, 2.05) is 0 Å². The highest BCUT2D eigenvalue weighted by Gasteiger charge is 2.26. The van der Waals surface area contributed by atoms with Crippen LogP contribution >= 0.6 is 0 Å². The van der Waals surface area contributed by atoms with Crippen molar-refractivity contribution in [2.24, 2.45) is 7.05 Å². The Hall–Kier alpha value is -1.69. The van der Waals surface area contributed by atoms with Crippen LogP contribution in [0.3, 0.4) is 0 Å². The lowest BCUT2D eigenvalue weighted by Gasteiger charge is -2.15. The van der Waals surface area contributed by atoms with E-state index in [0.29, 0.717) is 36.5 Å². The van der Waals surface area contributed by atoms with Gasteiger partial charge in [0.1, 0.15) is 0 Å². The summed E-state index contributed by atoms with van der Waals surface area (Å²) in [5.41, 5.74) is 1.70. The van der Waals surface area contributed by atoms with E-state index < -0.39 is 11.7 Å². The largest absolute Gasteiger partial charge is 0.385 e. The molecule has 1 heterocycles. The van der Waals surface area contributed by atoms with Gasteiger partial charge in [0, 0.05) is 40.1 Å². The van der Waals surface area contributed by atoms with Crippen LogP contribution in [0.25, 0.3) is 0 Å². The van der Waals surface area contributed by atoms with E-state index in [-0.39, 0.29) is 0 Å². The second-order valence-corrected chi connectivity index (χ2v) is 4.57. The van der Waals surface area contributed by atoms with Crippen LogP contribution in [0, 0.1) is 13.8 Å². The van der Waals surface area contributed by atoms with Crippen LogP contribution < -0.4 is 0 Å². The second kappa shape index (κ2) is 6.47. The number of Topliss-reactive ketones (excluding diaryl/α,β-unsaturated/α-hetero) is 1. The molecular formula is C13H21N3O3. The Bertz CT molecular complexity index is 480. The van der Waals surface area contributed by atoms with Crippen molar-refractivity contribution in [1.82, 2.24) is 14.7 Å². The summed E-state index contributed by atoms with van der Waals surface area (Å²) < 4.78 is 6.53. The number of carbonyl (C=O) groups is 2. The topological polar surface area (TPSA) is 64.4 Å². The lowest BCUT2D eigenvalue weighted by atomic mass is 10.1. The predicted molar refractivity (Wildman–Crippen MR) is 71.1 cm³/mol. The van der Waals surface area contributed by atoms with Gasteiger partial charge in [-0.3, -0.25) is 14.3 Å². The molecule has 0 aliphatic heterocycles. The van der Waals surface area contributed by atoms with Gasteiger partial charge in [-0.15, -0.1) is 0 Å². The Labute approximate surface area is 113 Å². The molecule has 1 rings (SSSR count). The molecule has 6 nitrogen and oxygen atoms in total. The number of nitrogens with zero attached hydrogens (tertiary/aromatic N) is 3. The number of methoxy groups -OCH3 is 1. The standard InChI is InChI=1S/C13H21N3O3/c1-9-11(10(2)16(4)14-9)12(17)13(18)15(3)7-6-8-19-5/h6-8H2,1-5H3. The number of hydrogen-bond acceptors (Lipinski definition) is 4. The van der Waals surface area contributed by atoms with Crippen molar-refractivity contribution >= 4 is 11.7 Å². The molecule has 1 aromatic rings. The zero-order valence-corrected chi connectivity index (χ0v) is 12.2. The van der Waals surface area contributed by atoms with Crippen LogP contribution in [0.15, 0.2) is 0 Å². The molecule has 0 saturated heterocycles. The van der Waals surface area contributed by atoms with Gasteiger partial charge in [-0.1, -0.05) is 0 Å². The average Bonchev–Trinajstić information content (AvgIpc) is 2.62. The van der Waals surface area contributed by atoms with Crippen LogP contribution in [0.5, 0.6) is 0 Å². The van der Waals surface area contributed by atoms with Crippen LogP contribution in [0.2, 0.25) is 0 Å². The second-order valence-electron chi connectivity index (χ2n) is 4.57. The third kappa shape index (κ3) is 3.41. The van der Waals surface area contributed by atoms with Gasteiger partial charge >= 0.3 is 0 Å². The van der Waals surface area contributed by atoms with E-state index in [9.17, 15) is 9.59 Å². The van der Waals surface area contributed by atoms with E-state index in [0.717, 1.165) is 0 Å². The van der Waals surface area contributed by atoms with Gasteiger partial charge in [0.25, 0.3) is 11.7 Å². The highest BCUT2D eigenvalue weighted by atomic mass is 16.5. The first-order valence-corrected chi connectivity index (χ1v) is 6.19. The summed E-state index contributed by atoms with van der Waals surface area (Å²) in [6.45, 7) is 4.58. The molecule has 0 unspecified atom stereocenters. The third-order valence-corrected chi connectivity index (χ3v) is 3.12. The Morgan fingerprint density at radius 2 is 2.00 bits per heavy atom. The van der Waals surface area contributed by atoms with Crippen molar-refractivity contribution in [3.63, 3.8) is 0 Å². The predicted octanol–water partition coefficient (Wildman–Crippen LogP) is 0.715. The van der Waals surface area contributed by atoms with Gasteiger partial charge in [-0.05, 0) is 20.3 Å². The monoisotopic (exact) mass is 267 g/mol. The number of ether oxygens (including phenoxy) is 1. The summed E-state index contributed by atoms with van der Waals surface area (Å²) in [6.07, 6.45) is 0.705. The normalized spacial score (nSPS) is 10.6. The van der Waals surface area contributed by atoms with Crippen LogP contribution in [0.1, 0.15) is 28.2 Å². The maximum absolute atomic E-state index is 12.2. The molecule has 0 radical (unpaired) electrons. The Balaban J connectivity index is 2.79. The summed E-state index contributed by atoms with van der Waals surface area (Å²) in [5.74, 6) is -1.00. The lowest BCUT2D eigenvalue weighted by Crippen LogP contribution is -2.35. The van der Waals surface area contributed by atoms with Gasteiger partial charge in [-0.25, -0.2) is 0 Å². The quantitative estimate of drug-likeness (QED) is 0.433. The summed E-state index contributed by atoms with van der Waals surface area (Å²) in [6, 6.07) is 0. The number of hydrogen-bond donors (Lipinski definition) is 0. The van der Waals surface area contributed by atoms with E-state index in [1.54, 1.807) is 39.7 Å². The number of ketones is 1. The summed E-state index contributed by atoms with van der Waals surface area (Å²) in [7, 11) is 4.98. The summed E-state index contributed by atoms with van der Waals surface area (Å²) >= 11 is 0. The van der Waals surface area contributed by atoms with Gasteiger partial charge < -0.3 is 9.64 Å². The van der Waals surface area contributed by atoms with Crippen LogP contribution in [-0.2, 0) is 16.6 Å². The van der Waals surface area contributed by atoms with Crippen molar-refractivity contribution in [2.45, 2.75) is 20.3 Å². The summed E-state index contributed by atoms with van der Waals surface area (Å²) in [4.78, 5) is 25.7. The van der Waals surface area contributed by atoms with Gasteiger partial charge in [0.2, 0.25) is 0 Å². The fraction of sp³-hybridized carbons (Fsp3) is 0.615. The van der Waals surface area contributed by atoms with Gasteiger partial charge in [-0.2, -0.15) is 5.10 Å². The average molecular weight is 267 g/mol. The van der Waals surface area contributed by atoms with Crippen LogP contribution in [-0.4, -0.2) is 53.7 Å². The van der Waals surface area contributed by atoms with E-state index >= 15 is 0 Å². The first kappa shape index (κ1) is 15.4. The molecule has 0 aromatic carbocycles. The summed E-state index contributed by atoms with van der Waals surface area (Å²) in [5, 5.41) is 4.15. The van der Waals surface area contributed by atoms with Crippen molar-refractivity contribution in [2.75, 3.05) is 27.3 Å². The Morgan fingerprint density at radius 1 is 1.37 bits per heavy atom. The van der Waals surface area contributed by atoms with Crippen molar-refractivity contribution in [3.05, 3.63) is 17.0 Å². The molecule has 0 aliphatic rings. The van der Waals surface area contributed by atoms with Crippen molar-refractivity contribution in [1.29, 1.82) is 0 Å². The first-order chi connectivity index (χ1) is 8.90. The molecule has 6 heteroatoms. The maximum atomic E-state index is 12.2. The molecule has 0 N–H and O–H groups in total. The van der Waals surface area contributed by atoms with Crippen LogP contribution in [0.4, 0.5) is 0 Å². The van der Waals surface area contributed by atoms with E-state index in [4.69, 9.17) is 4.74 Å².